The summed E-state index contributed by atoms with van der Waals surface area (Å²) in [6, 6.07) is 2.81. The Kier molecular flexibility index (Phi) is 3.14. The van der Waals surface area contributed by atoms with Crippen LogP contribution in [0.4, 0.5) is 0 Å². The number of fused-ring (bicyclic) bond motifs is 2. The number of primary amides is 1. The lowest BCUT2D eigenvalue weighted by Gasteiger charge is -2.31. The van der Waals surface area contributed by atoms with E-state index in [1.807, 2.05) is 0 Å². The molecular formula is C15H12ClNO5. The maximum absolute atomic E-state index is 12.0. The van der Waals surface area contributed by atoms with Crippen LogP contribution in [-0.2, 0) is 16.0 Å². The zero-order valence-corrected chi connectivity index (χ0v) is 12.0. The zero-order valence-electron chi connectivity index (χ0n) is 11.3. The van der Waals surface area contributed by atoms with Gasteiger partial charge in [-0.25, -0.2) is 0 Å². The molecule has 2 aliphatic carbocycles. The number of carbonyl (C=O) groups is 2. The van der Waals surface area contributed by atoms with Gasteiger partial charge < -0.3 is 21.1 Å². The normalized spacial score (nSPS) is 20.8. The molecule has 114 valence electrons. The molecule has 1 atom stereocenters. The summed E-state index contributed by atoms with van der Waals surface area (Å²) in [5, 5.41) is 30.9. The number of aliphatic hydroxyl groups is 2. The zero-order chi connectivity index (χ0) is 16.2. The summed E-state index contributed by atoms with van der Waals surface area (Å²) < 4.78 is 0. The van der Waals surface area contributed by atoms with E-state index in [0.29, 0.717) is 10.6 Å². The highest BCUT2D eigenvalue weighted by atomic mass is 35.5. The number of carbonyl (C=O) groups excluding carboxylic acids is 2. The lowest BCUT2D eigenvalue weighted by molar-refractivity contribution is -0.122. The van der Waals surface area contributed by atoms with Crippen LogP contribution in [0, 0.1) is 5.92 Å². The van der Waals surface area contributed by atoms with Gasteiger partial charge in [-0.3, -0.25) is 9.59 Å². The van der Waals surface area contributed by atoms with E-state index < -0.39 is 34.7 Å². The average molecular weight is 322 g/mol. The Balaban J connectivity index is 2.32. The second kappa shape index (κ2) is 4.78. The molecule has 3 rings (SSSR count). The first kappa shape index (κ1) is 14.5. The van der Waals surface area contributed by atoms with Gasteiger partial charge in [-0.1, -0.05) is 11.6 Å². The van der Waals surface area contributed by atoms with E-state index in [-0.39, 0.29) is 29.7 Å². The molecule has 1 aromatic rings. The molecule has 6 nitrogen and oxygen atoms in total. The number of aromatic hydroxyl groups is 1. The molecule has 0 radical (unpaired) electrons. The van der Waals surface area contributed by atoms with Gasteiger partial charge in [0.25, 0.3) is 5.91 Å². The molecule has 0 heterocycles. The Morgan fingerprint density at radius 3 is 2.50 bits per heavy atom. The third-order valence-electron chi connectivity index (χ3n) is 4.03. The number of allylic oxidation sites excluding steroid dienone is 1. The van der Waals surface area contributed by atoms with Crippen molar-refractivity contribution in [1.82, 2.24) is 0 Å². The van der Waals surface area contributed by atoms with Crippen LogP contribution in [-0.4, -0.2) is 27.0 Å². The van der Waals surface area contributed by atoms with E-state index in [2.05, 4.69) is 0 Å². The van der Waals surface area contributed by atoms with Gasteiger partial charge in [-0.15, -0.1) is 0 Å². The first-order valence-electron chi connectivity index (χ1n) is 6.53. The summed E-state index contributed by atoms with van der Waals surface area (Å²) in [5.41, 5.74) is 5.22. The van der Waals surface area contributed by atoms with Gasteiger partial charge in [0.05, 0.1) is 5.56 Å². The van der Waals surface area contributed by atoms with Crippen LogP contribution < -0.4 is 5.73 Å². The van der Waals surface area contributed by atoms with Crippen molar-refractivity contribution in [2.45, 2.75) is 12.8 Å². The number of hydrogen-bond acceptors (Lipinski definition) is 5. The molecule has 0 aromatic heterocycles. The fraction of sp³-hybridized carbons (Fsp3) is 0.200. The van der Waals surface area contributed by atoms with Crippen molar-refractivity contribution in [2.24, 2.45) is 11.7 Å². The van der Waals surface area contributed by atoms with Crippen molar-refractivity contribution in [3.63, 3.8) is 0 Å². The molecule has 22 heavy (non-hydrogen) atoms. The van der Waals surface area contributed by atoms with Crippen LogP contribution in [0.25, 0.3) is 5.76 Å². The highest BCUT2D eigenvalue weighted by molar-refractivity contribution is 6.31. The van der Waals surface area contributed by atoms with Crippen LogP contribution in [0.3, 0.4) is 0 Å². The van der Waals surface area contributed by atoms with E-state index in [1.54, 1.807) is 0 Å². The predicted molar refractivity (Wildman–Crippen MR) is 78.3 cm³/mol. The number of Topliss-reactive ketones (excluding diaryl/α,β-unsaturated/α-hetero) is 1. The molecule has 2 aliphatic rings. The van der Waals surface area contributed by atoms with Gasteiger partial charge in [-0.2, -0.15) is 0 Å². The number of rotatable bonds is 1. The molecule has 0 saturated heterocycles. The molecule has 1 unspecified atom stereocenters. The van der Waals surface area contributed by atoms with Crippen molar-refractivity contribution < 1.29 is 24.9 Å². The number of nitrogens with two attached hydrogens (primary N) is 1. The second-order valence-corrected chi connectivity index (χ2v) is 5.71. The fourth-order valence-corrected chi connectivity index (χ4v) is 3.31. The molecule has 1 amide bonds. The van der Waals surface area contributed by atoms with E-state index in [4.69, 9.17) is 17.3 Å². The molecule has 5 N–H and O–H groups in total. The largest absolute Gasteiger partial charge is 0.507 e. The molecule has 0 aliphatic heterocycles. The van der Waals surface area contributed by atoms with Crippen LogP contribution in [0.1, 0.15) is 17.5 Å². The Morgan fingerprint density at radius 2 is 1.86 bits per heavy atom. The Labute approximate surface area is 130 Å². The van der Waals surface area contributed by atoms with Crippen molar-refractivity contribution >= 4 is 29.1 Å². The number of halogens is 1. The standard InChI is InChI=1S/C15H12ClNO5/c16-7-1-2-8(18)11-6(7)3-5-4-9(19)12(15(17)22)14(21)10(5)13(11)20/h1-2,5,18,20-21H,3-4H2,(H2,17,22). The highest BCUT2D eigenvalue weighted by Crippen LogP contribution is 2.46. The summed E-state index contributed by atoms with van der Waals surface area (Å²) in [7, 11) is 0. The maximum atomic E-state index is 12.0. The number of phenolic OH excluding ortho intramolecular Hbond substituents is 1. The van der Waals surface area contributed by atoms with E-state index in [0.717, 1.165) is 0 Å². The minimum atomic E-state index is -1.05. The number of phenols is 1. The molecule has 0 fully saturated rings. The Bertz CT molecular complexity index is 793. The number of benzene rings is 1. The van der Waals surface area contributed by atoms with Crippen LogP contribution >= 0.6 is 11.6 Å². The SMILES string of the molecule is NC(=O)C1=C(O)C2=C(O)c3c(O)ccc(Cl)c3CC2CC1=O. The molecule has 0 spiro atoms. The topological polar surface area (TPSA) is 121 Å². The van der Waals surface area contributed by atoms with E-state index in [9.17, 15) is 24.9 Å². The summed E-state index contributed by atoms with van der Waals surface area (Å²) in [6.45, 7) is 0. The number of aliphatic hydroxyl groups excluding tert-OH is 2. The first-order valence-corrected chi connectivity index (χ1v) is 6.91. The third kappa shape index (κ3) is 1.88. The average Bonchev–Trinajstić information content (AvgIpc) is 2.41. The van der Waals surface area contributed by atoms with Gasteiger partial charge >= 0.3 is 0 Å². The van der Waals surface area contributed by atoms with Crippen molar-refractivity contribution in [3.05, 3.63) is 45.2 Å². The summed E-state index contributed by atoms with van der Waals surface area (Å²) in [5.74, 6) is -3.38. The molecule has 0 bridgehead atoms. The third-order valence-corrected chi connectivity index (χ3v) is 4.39. The summed E-state index contributed by atoms with van der Waals surface area (Å²) in [6.07, 6.45) is 0.178. The van der Waals surface area contributed by atoms with Crippen molar-refractivity contribution in [2.75, 3.05) is 0 Å². The first-order chi connectivity index (χ1) is 10.3. The van der Waals surface area contributed by atoms with Crippen molar-refractivity contribution in [1.29, 1.82) is 0 Å². The number of amides is 1. The van der Waals surface area contributed by atoms with Crippen LogP contribution in [0.2, 0.25) is 5.02 Å². The van der Waals surface area contributed by atoms with Gasteiger partial charge in [0.15, 0.2) is 5.78 Å². The van der Waals surface area contributed by atoms with E-state index >= 15 is 0 Å². The lowest BCUT2D eigenvalue weighted by Crippen LogP contribution is -2.32. The molecule has 0 saturated carbocycles. The maximum Gasteiger partial charge on any atom is 0.256 e. The predicted octanol–water partition coefficient (Wildman–Crippen LogP) is 1.76. The minimum Gasteiger partial charge on any atom is -0.507 e. The number of ketones is 1. The van der Waals surface area contributed by atoms with E-state index in [1.165, 1.54) is 12.1 Å². The minimum absolute atomic E-state index is 0.0402. The summed E-state index contributed by atoms with van der Waals surface area (Å²) in [4.78, 5) is 23.3. The quantitative estimate of drug-likeness (QED) is 0.587. The monoisotopic (exact) mass is 321 g/mol. The van der Waals surface area contributed by atoms with Gasteiger partial charge in [-0.05, 0) is 24.1 Å². The molecular weight excluding hydrogens is 310 g/mol. The Morgan fingerprint density at radius 1 is 1.18 bits per heavy atom. The Hall–Kier alpha value is -2.47. The smallest absolute Gasteiger partial charge is 0.256 e. The second-order valence-electron chi connectivity index (χ2n) is 5.30. The number of hydrogen-bond donors (Lipinski definition) is 4. The highest BCUT2D eigenvalue weighted by Gasteiger charge is 2.40. The fourth-order valence-electron chi connectivity index (χ4n) is 3.08. The lowest BCUT2D eigenvalue weighted by atomic mass is 9.74. The van der Waals surface area contributed by atoms with Crippen LogP contribution in [0.5, 0.6) is 5.75 Å². The summed E-state index contributed by atoms with van der Waals surface area (Å²) >= 11 is 6.08. The van der Waals surface area contributed by atoms with Gasteiger partial charge in [0.2, 0.25) is 0 Å². The van der Waals surface area contributed by atoms with Crippen LogP contribution in [0.15, 0.2) is 29.0 Å². The van der Waals surface area contributed by atoms with Crippen molar-refractivity contribution in [3.8, 4) is 5.75 Å². The van der Waals surface area contributed by atoms with Gasteiger partial charge in [0, 0.05) is 22.9 Å². The molecule has 1 aromatic carbocycles. The van der Waals surface area contributed by atoms with Gasteiger partial charge in [0.1, 0.15) is 22.8 Å². The molecule has 7 heteroatoms.